The molecule has 0 unspecified atom stereocenters. The van der Waals surface area contributed by atoms with Crippen molar-refractivity contribution < 1.29 is 22.6 Å². The fraction of sp³-hybridized carbons (Fsp3) is 1.00. The maximum absolute atomic E-state index is 9.75. The van der Waals surface area contributed by atoms with Crippen molar-refractivity contribution >= 4 is 7.25 Å². The third-order valence-electron chi connectivity index (χ3n) is 0.986. The Bertz CT molecular complexity index is 76.1. The lowest BCUT2D eigenvalue weighted by Crippen LogP contribution is -2.84. The van der Waals surface area contributed by atoms with Crippen molar-refractivity contribution in [2.75, 3.05) is 13.1 Å². The van der Waals surface area contributed by atoms with Crippen LogP contribution in [-0.4, -0.2) is 20.3 Å². The highest BCUT2D eigenvalue weighted by Gasteiger charge is 2.20. The number of hydrogen-bond donors (Lipinski definition) is 1. The van der Waals surface area contributed by atoms with Crippen molar-refractivity contribution in [2.45, 2.75) is 26.7 Å². The summed E-state index contributed by atoms with van der Waals surface area (Å²) in [5, 5.41) is 2.36. The molecule has 0 aromatic heterocycles. The van der Waals surface area contributed by atoms with Gasteiger partial charge in [0.05, 0.1) is 13.1 Å². The second-order valence-corrected chi connectivity index (χ2v) is 2.36. The predicted molar refractivity (Wildman–Crippen MR) is 42.4 cm³/mol. The van der Waals surface area contributed by atoms with E-state index in [-0.39, 0.29) is 0 Å². The molecule has 0 aliphatic carbocycles. The van der Waals surface area contributed by atoms with Crippen LogP contribution >= 0.6 is 0 Å². The molecule has 0 atom stereocenters. The molecule has 0 rings (SSSR count). The summed E-state index contributed by atoms with van der Waals surface area (Å²) in [6.45, 7) is 7.03. The van der Waals surface area contributed by atoms with Gasteiger partial charge in [-0.15, -0.1) is 0 Å². The van der Waals surface area contributed by atoms with Gasteiger partial charge in [-0.05, 0) is 12.8 Å². The Hall–Kier alpha value is -0.255. The van der Waals surface area contributed by atoms with Crippen molar-refractivity contribution in [2.24, 2.45) is 0 Å². The molecule has 1 nitrogen and oxygen atoms in total. The lowest BCUT2D eigenvalue weighted by atomic mass is 10.3. The Morgan fingerprint density at radius 1 is 0.917 bits per heavy atom. The highest BCUT2D eigenvalue weighted by atomic mass is 19.5. The van der Waals surface area contributed by atoms with Crippen LogP contribution in [0.1, 0.15) is 26.7 Å². The van der Waals surface area contributed by atoms with Crippen LogP contribution in [0.25, 0.3) is 0 Å². The van der Waals surface area contributed by atoms with Gasteiger partial charge in [-0.2, -0.15) is 0 Å². The lowest BCUT2D eigenvalue weighted by molar-refractivity contribution is -0.654. The third-order valence-corrected chi connectivity index (χ3v) is 0.986. The molecule has 0 aromatic carbocycles. The average Bonchev–Trinajstić information content (AvgIpc) is 1.85. The third kappa shape index (κ3) is 53.1. The molecule has 0 aliphatic rings. The van der Waals surface area contributed by atoms with E-state index in [2.05, 4.69) is 19.2 Å². The second-order valence-electron chi connectivity index (χ2n) is 2.36. The minimum absolute atomic E-state index is 1.30. The minimum Gasteiger partial charge on any atom is -0.418 e. The Balaban J connectivity index is 0. The summed E-state index contributed by atoms with van der Waals surface area (Å²) >= 11 is 0. The fourth-order valence-electron chi connectivity index (χ4n) is 0.553. The summed E-state index contributed by atoms with van der Waals surface area (Å²) in [5.41, 5.74) is 0. The molecule has 0 saturated heterocycles. The van der Waals surface area contributed by atoms with Crippen molar-refractivity contribution in [3.05, 3.63) is 0 Å². The molecule has 2 N–H and O–H groups in total. The van der Waals surface area contributed by atoms with Gasteiger partial charge < -0.3 is 22.6 Å². The number of halogens is 4. The van der Waals surface area contributed by atoms with Crippen molar-refractivity contribution in [3.63, 3.8) is 0 Å². The zero-order valence-electron chi connectivity index (χ0n) is 7.49. The minimum atomic E-state index is -6.00. The highest BCUT2D eigenvalue weighted by Crippen LogP contribution is 2.06. The standard InChI is InChI=1S/C6H15N.BF4/c1-3-5-7-6-4-2;2-1(3,4)5/h7H,3-6H2,1-2H3;/q;-1/p+1. The van der Waals surface area contributed by atoms with Crippen LogP contribution in [0.2, 0.25) is 0 Å². The summed E-state index contributed by atoms with van der Waals surface area (Å²) in [7, 11) is -6.00. The van der Waals surface area contributed by atoms with Crippen LogP contribution < -0.4 is 5.32 Å². The molecule has 0 aromatic rings. The van der Waals surface area contributed by atoms with Crippen LogP contribution in [0.15, 0.2) is 0 Å². The lowest BCUT2D eigenvalue weighted by Gasteiger charge is -1.94. The Kier molecular flexibility index (Phi) is 10.5. The van der Waals surface area contributed by atoms with Gasteiger partial charge in [0, 0.05) is 0 Å². The molecule has 0 heterocycles. The highest BCUT2D eigenvalue weighted by molar-refractivity contribution is 6.50. The maximum Gasteiger partial charge on any atom is 0.673 e. The quantitative estimate of drug-likeness (QED) is 0.393. The molecule has 0 saturated carbocycles. The monoisotopic (exact) mass is 189 g/mol. The van der Waals surface area contributed by atoms with E-state index in [1.54, 1.807) is 0 Å². The van der Waals surface area contributed by atoms with E-state index in [0.29, 0.717) is 0 Å². The summed E-state index contributed by atoms with van der Waals surface area (Å²) < 4.78 is 39.0. The molecule has 0 radical (unpaired) electrons. The molecule has 0 amide bonds. The van der Waals surface area contributed by atoms with Gasteiger partial charge in [0.25, 0.3) is 0 Å². The molecular weight excluding hydrogens is 173 g/mol. The smallest absolute Gasteiger partial charge is 0.418 e. The van der Waals surface area contributed by atoms with E-state index in [0.717, 1.165) is 0 Å². The largest absolute Gasteiger partial charge is 0.673 e. The fourth-order valence-corrected chi connectivity index (χ4v) is 0.553. The normalized spacial score (nSPS) is 10.5. The summed E-state index contributed by atoms with van der Waals surface area (Å²) in [6.07, 6.45) is 2.61. The van der Waals surface area contributed by atoms with Crippen LogP contribution in [0.5, 0.6) is 0 Å². The Labute approximate surface area is 70.6 Å². The first-order valence-corrected chi connectivity index (χ1v) is 4.10. The van der Waals surface area contributed by atoms with Gasteiger partial charge in [0.15, 0.2) is 0 Å². The topological polar surface area (TPSA) is 16.6 Å². The van der Waals surface area contributed by atoms with Gasteiger partial charge in [-0.1, -0.05) is 13.8 Å². The van der Waals surface area contributed by atoms with Gasteiger partial charge in [-0.25, -0.2) is 0 Å². The van der Waals surface area contributed by atoms with Gasteiger partial charge >= 0.3 is 7.25 Å². The zero-order valence-corrected chi connectivity index (χ0v) is 7.49. The Morgan fingerprint density at radius 3 is 1.33 bits per heavy atom. The summed E-state index contributed by atoms with van der Waals surface area (Å²) in [4.78, 5) is 0. The molecule has 0 spiro atoms. The van der Waals surface area contributed by atoms with E-state index in [9.17, 15) is 17.3 Å². The second kappa shape index (κ2) is 8.84. The van der Waals surface area contributed by atoms with Crippen molar-refractivity contribution in [1.29, 1.82) is 0 Å². The van der Waals surface area contributed by atoms with Gasteiger partial charge in [0.2, 0.25) is 0 Å². The molecule has 0 fully saturated rings. The van der Waals surface area contributed by atoms with E-state index in [1.165, 1.54) is 25.9 Å². The number of nitrogens with two attached hydrogens (primary N) is 1. The van der Waals surface area contributed by atoms with Crippen molar-refractivity contribution in [1.82, 2.24) is 0 Å². The predicted octanol–water partition coefficient (Wildman–Crippen LogP) is 1.67. The van der Waals surface area contributed by atoms with E-state index in [4.69, 9.17) is 0 Å². The van der Waals surface area contributed by atoms with Crippen LogP contribution in [0.4, 0.5) is 17.3 Å². The molecule has 0 bridgehead atoms. The Morgan fingerprint density at radius 2 is 1.17 bits per heavy atom. The molecule has 12 heavy (non-hydrogen) atoms. The number of hydrogen-bond acceptors (Lipinski definition) is 0. The first-order chi connectivity index (χ1) is 5.41. The number of rotatable bonds is 4. The molecule has 6 heteroatoms. The summed E-state index contributed by atoms with van der Waals surface area (Å²) in [6, 6.07) is 0. The van der Waals surface area contributed by atoms with E-state index in [1.807, 2.05) is 0 Å². The van der Waals surface area contributed by atoms with Crippen LogP contribution in [0.3, 0.4) is 0 Å². The van der Waals surface area contributed by atoms with Crippen LogP contribution in [0, 0.1) is 0 Å². The average molecular weight is 189 g/mol. The maximum atomic E-state index is 9.75. The zero-order chi connectivity index (χ0) is 10.0. The molecular formula is C6H16BF4N. The summed E-state index contributed by atoms with van der Waals surface area (Å²) in [5.74, 6) is 0. The van der Waals surface area contributed by atoms with E-state index < -0.39 is 7.25 Å². The first kappa shape index (κ1) is 14.3. The molecule has 0 aliphatic heterocycles. The molecule has 76 valence electrons. The van der Waals surface area contributed by atoms with Crippen LogP contribution in [-0.2, 0) is 0 Å². The van der Waals surface area contributed by atoms with Crippen molar-refractivity contribution in [3.8, 4) is 0 Å². The number of quaternary nitrogens is 1. The van der Waals surface area contributed by atoms with E-state index >= 15 is 0 Å². The first-order valence-electron chi connectivity index (χ1n) is 4.10. The van der Waals surface area contributed by atoms with Gasteiger partial charge in [-0.3, -0.25) is 0 Å². The van der Waals surface area contributed by atoms with Gasteiger partial charge in [0.1, 0.15) is 0 Å². The SMILES string of the molecule is CCC[NH2+]CCC.F[B-](F)(F)F.